The van der Waals surface area contributed by atoms with Crippen molar-refractivity contribution in [2.24, 2.45) is 17.8 Å². The maximum absolute atomic E-state index is 12.1. The van der Waals surface area contributed by atoms with Gasteiger partial charge in [0.05, 0.1) is 0 Å². The maximum atomic E-state index is 12.1. The Morgan fingerprint density at radius 3 is 2.56 bits per heavy atom. The quantitative estimate of drug-likeness (QED) is 0.815. The van der Waals surface area contributed by atoms with Crippen LogP contribution in [-0.2, 0) is 4.79 Å². The second-order valence-corrected chi connectivity index (χ2v) is 6.46. The monoisotopic (exact) mass is 251 g/mol. The van der Waals surface area contributed by atoms with E-state index in [1.165, 1.54) is 25.7 Å². The fourth-order valence-corrected chi connectivity index (χ4v) is 4.00. The summed E-state index contributed by atoms with van der Waals surface area (Å²) in [5, 5.41) is 2.09. The van der Waals surface area contributed by atoms with Crippen LogP contribution in [0.2, 0.25) is 0 Å². The Bertz CT molecular complexity index is 312. The van der Waals surface area contributed by atoms with Crippen LogP contribution in [0.15, 0.2) is 0 Å². The van der Waals surface area contributed by atoms with E-state index in [0.717, 1.165) is 44.4 Å². The van der Waals surface area contributed by atoms with Gasteiger partial charge in [0.2, 0.25) is 5.91 Å². The summed E-state index contributed by atoms with van der Waals surface area (Å²) in [4.78, 5) is 14.4. The molecule has 102 valence electrons. The summed E-state index contributed by atoms with van der Waals surface area (Å²) in [5.74, 6) is 2.72. The van der Waals surface area contributed by atoms with E-state index in [2.05, 4.69) is 22.4 Å². The minimum atomic E-state index is 0.247. The summed E-state index contributed by atoms with van der Waals surface area (Å²) in [6.07, 6.45) is 6.25. The standard InChI is InChI=1S/C14H25N3O/c1-16-4-6-17(7-5-16)15-14(18)10-13-9-11-2-3-12(13)8-11/h11-13H,2-10H2,1H3,(H,15,18)/t11-,12+,13+/m1/s1. The van der Waals surface area contributed by atoms with Crippen LogP contribution in [0.3, 0.4) is 0 Å². The molecule has 18 heavy (non-hydrogen) atoms. The normalized spacial score (nSPS) is 37.1. The summed E-state index contributed by atoms with van der Waals surface area (Å²) >= 11 is 0. The van der Waals surface area contributed by atoms with Gasteiger partial charge in [-0.05, 0) is 44.1 Å². The van der Waals surface area contributed by atoms with Crippen LogP contribution in [0.5, 0.6) is 0 Å². The Morgan fingerprint density at radius 2 is 1.94 bits per heavy atom. The molecular weight excluding hydrogens is 226 g/mol. The third-order valence-corrected chi connectivity index (χ3v) is 5.12. The lowest BCUT2D eigenvalue weighted by Crippen LogP contribution is -2.52. The minimum Gasteiger partial charge on any atom is -0.304 e. The van der Waals surface area contributed by atoms with E-state index < -0.39 is 0 Å². The Hall–Kier alpha value is -0.610. The number of carbonyl (C=O) groups excluding carboxylic acids is 1. The van der Waals surface area contributed by atoms with Gasteiger partial charge in [0, 0.05) is 32.6 Å². The molecular formula is C14H25N3O. The maximum Gasteiger partial charge on any atom is 0.234 e. The lowest BCUT2D eigenvalue weighted by molar-refractivity contribution is -0.128. The van der Waals surface area contributed by atoms with Gasteiger partial charge in [0.25, 0.3) is 0 Å². The summed E-state index contributed by atoms with van der Waals surface area (Å²) in [7, 11) is 2.13. The Morgan fingerprint density at radius 1 is 1.17 bits per heavy atom. The molecule has 3 aliphatic rings. The summed E-state index contributed by atoms with van der Waals surface area (Å²) in [5.41, 5.74) is 3.09. The summed E-state index contributed by atoms with van der Waals surface area (Å²) in [6.45, 7) is 4.01. The van der Waals surface area contributed by atoms with Crippen molar-refractivity contribution in [2.75, 3.05) is 33.2 Å². The van der Waals surface area contributed by atoms with Crippen molar-refractivity contribution in [3.05, 3.63) is 0 Å². The number of piperazine rings is 1. The van der Waals surface area contributed by atoms with E-state index in [4.69, 9.17) is 0 Å². The highest BCUT2D eigenvalue weighted by Gasteiger charge is 2.40. The van der Waals surface area contributed by atoms with Gasteiger partial charge in [-0.3, -0.25) is 10.2 Å². The average Bonchev–Trinajstić information content (AvgIpc) is 2.94. The Kier molecular flexibility index (Phi) is 3.57. The zero-order valence-corrected chi connectivity index (χ0v) is 11.4. The predicted octanol–water partition coefficient (Wildman–Crippen LogP) is 1.09. The van der Waals surface area contributed by atoms with Gasteiger partial charge >= 0.3 is 0 Å². The van der Waals surface area contributed by atoms with E-state index >= 15 is 0 Å². The second kappa shape index (κ2) is 5.17. The summed E-state index contributed by atoms with van der Waals surface area (Å²) < 4.78 is 0. The smallest absolute Gasteiger partial charge is 0.234 e. The molecule has 1 saturated heterocycles. The van der Waals surface area contributed by atoms with Crippen LogP contribution < -0.4 is 5.43 Å². The van der Waals surface area contributed by atoms with Crippen molar-refractivity contribution in [3.63, 3.8) is 0 Å². The number of amides is 1. The Balaban J connectivity index is 1.42. The van der Waals surface area contributed by atoms with E-state index in [-0.39, 0.29) is 5.91 Å². The molecule has 2 saturated carbocycles. The van der Waals surface area contributed by atoms with Crippen molar-refractivity contribution in [1.82, 2.24) is 15.3 Å². The number of rotatable bonds is 3. The van der Waals surface area contributed by atoms with Gasteiger partial charge in [-0.2, -0.15) is 0 Å². The first-order chi connectivity index (χ1) is 8.70. The van der Waals surface area contributed by atoms with E-state index in [0.29, 0.717) is 5.92 Å². The molecule has 4 heteroatoms. The molecule has 1 aliphatic heterocycles. The molecule has 0 unspecified atom stereocenters. The van der Waals surface area contributed by atoms with Gasteiger partial charge < -0.3 is 4.90 Å². The molecule has 0 aromatic carbocycles. The van der Waals surface area contributed by atoms with Crippen LogP contribution in [0, 0.1) is 17.8 Å². The first-order valence-corrected chi connectivity index (χ1v) is 7.43. The van der Waals surface area contributed by atoms with E-state index in [1.807, 2.05) is 0 Å². The fraction of sp³-hybridized carbons (Fsp3) is 0.929. The molecule has 2 bridgehead atoms. The topological polar surface area (TPSA) is 35.6 Å². The van der Waals surface area contributed by atoms with Gasteiger partial charge in [-0.15, -0.1) is 0 Å². The molecule has 0 aromatic heterocycles. The molecule has 0 radical (unpaired) electrons. The highest BCUT2D eigenvalue weighted by molar-refractivity contribution is 5.75. The summed E-state index contributed by atoms with van der Waals surface area (Å²) in [6, 6.07) is 0. The van der Waals surface area contributed by atoms with Crippen LogP contribution in [0.1, 0.15) is 32.1 Å². The van der Waals surface area contributed by atoms with Gasteiger partial charge in [0.1, 0.15) is 0 Å². The van der Waals surface area contributed by atoms with Gasteiger partial charge in [-0.1, -0.05) is 6.42 Å². The number of hydrogen-bond acceptors (Lipinski definition) is 3. The van der Waals surface area contributed by atoms with Crippen molar-refractivity contribution in [1.29, 1.82) is 0 Å². The molecule has 2 aliphatic carbocycles. The zero-order chi connectivity index (χ0) is 12.5. The third-order valence-electron chi connectivity index (χ3n) is 5.12. The molecule has 3 atom stereocenters. The number of nitrogens with zero attached hydrogens (tertiary/aromatic N) is 2. The molecule has 1 amide bonds. The zero-order valence-electron chi connectivity index (χ0n) is 11.4. The predicted molar refractivity (Wildman–Crippen MR) is 70.8 cm³/mol. The van der Waals surface area contributed by atoms with Crippen LogP contribution in [0.25, 0.3) is 0 Å². The average molecular weight is 251 g/mol. The first kappa shape index (κ1) is 12.4. The van der Waals surface area contributed by atoms with Crippen molar-refractivity contribution >= 4 is 5.91 Å². The second-order valence-electron chi connectivity index (χ2n) is 6.46. The largest absolute Gasteiger partial charge is 0.304 e. The molecule has 0 spiro atoms. The fourth-order valence-electron chi connectivity index (χ4n) is 4.00. The van der Waals surface area contributed by atoms with E-state index in [9.17, 15) is 4.79 Å². The van der Waals surface area contributed by atoms with Gasteiger partial charge in [0.15, 0.2) is 0 Å². The molecule has 3 rings (SSSR count). The number of nitrogens with one attached hydrogen (secondary N) is 1. The molecule has 0 aromatic rings. The molecule has 4 nitrogen and oxygen atoms in total. The van der Waals surface area contributed by atoms with E-state index in [1.54, 1.807) is 0 Å². The van der Waals surface area contributed by atoms with Crippen molar-refractivity contribution in [3.8, 4) is 0 Å². The van der Waals surface area contributed by atoms with Gasteiger partial charge in [-0.25, -0.2) is 5.01 Å². The number of carbonyl (C=O) groups is 1. The third kappa shape index (κ3) is 2.69. The lowest BCUT2D eigenvalue weighted by atomic mass is 9.86. The number of hydrazine groups is 1. The minimum absolute atomic E-state index is 0.247. The SMILES string of the molecule is CN1CCN(NC(=O)C[C@@H]2C[C@@H]3CC[C@H]2C3)CC1. The lowest BCUT2D eigenvalue weighted by Gasteiger charge is -2.33. The highest BCUT2D eigenvalue weighted by Crippen LogP contribution is 2.49. The molecule has 1 heterocycles. The van der Waals surface area contributed by atoms with Crippen molar-refractivity contribution < 1.29 is 4.79 Å². The highest BCUT2D eigenvalue weighted by atomic mass is 16.2. The number of fused-ring (bicyclic) bond motifs is 2. The first-order valence-electron chi connectivity index (χ1n) is 7.43. The molecule has 3 fully saturated rings. The van der Waals surface area contributed by atoms with Crippen molar-refractivity contribution in [2.45, 2.75) is 32.1 Å². The van der Waals surface area contributed by atoms with Crippen LogP contribution in [-0.4, -0.2) is 49.0 Å². The van der Waals surface area contributed by atoms with Crippen LogP contribution >= 0.6 is 0 Å². The Labute approximate surface area is 110 Å². The van der Waals surface area contributed by atoms with Crippen LogP contribution in [0.4, 0.5) is 0 Å². The number of hydrogen-bond donors (Lipinski definition) is 1. The molecule has 1 N–H and O–H groups in total. The number of likely N-dealkylation sites (N-methyl/N-ethyl adjacent to an activating group) is 1.